The van der Waals surface area contributed by atoms with Crippen LogP contribution in [0.3, 0.4) is 0 Å². The predicted molar refractivity (Wildman–Crippen MR) is 183 cm³/mol. The standard InChI is InChI=1S/C37H59N3O5/c1-26(2)30(21-28-15-16-35(44-6)36(22-28)45-20-12-19-43-5)23-32(38)34(41)24-31(27(3)4)37(42)39-25-29-13-8-9-14-33(29)40-17-10-7-11-18-40/h8-9,13-16,22,26-27,30-32,34,41H,7,10-12,17-21,23-25,38H2,1-6H3,(H,39,42)/t30-,31-,32-,34-/m0/s1. The quantitative estimate of drug-likeness (QED) is 0.165. The molecule has 1 aliphatic rings. The zero-order valence-electron chi connectivity index (χ0n) is 28.6. The number of methoxy groups -OCH3 is 2. The second-order valence-electron chi connectivity index (χ2n) is 13.3. The summed E-state index contributed by atoms with van der Waals surface area (Å²) in [5.41, 5.74) is 10.1. The first-order chi connectivity index (χ1) is 21.6. The molecule has 1 fully saturated rings. The number of hydrogen-bond donors (Lipinski definition) is 3. The van der Waals surface area contributed by atoms with E-state index in [1.807, 2.05) is 32.0 Å². The van der Waals surface area contributed by atoms with Gasteiger partial charge in [0, 0.05) is 57.4 Å². The van der Waals surface area contributed by atoms with Gasteiger partial charge in [-0.2, -0.15) is 0 Å². The molecule has 0 radical (unpaired) electrons. The number of para-hydroxylation sites is 1. The van der Waals surface area contributed by atoms with Crippen LogP contribution in [0, 0.1) is 23.7 Å². The van der Waals surface area contributed by atoms with Crippen molar-refractivity contribution in [2.75, 3.05) is 45.4 Å². The van der Waals surface area contributed by atoms with E-state index in [1.165, 1.54) is 24.9 Å². The van der Waals surface area contributed by atoms with Crippen molar-refractivity contribution in [2.24, 2.45) is 29.4 Å². The van der Waals surface area contributed by atoms with Crippen molar-refractivity contribution < 1.29 is 24.1 Å². The third kappa shape index (κ3) is 11.5. The van der Waals surface area contributed by atoms with Gasteiger partial charge in [-0.05, 0) is 85.6 Å². The lowest BCUT2D eigenvalue weighted by Crippen LogP contribution is -2.42. The number of nitrogens with zero attached hydrogens (tertiary/aromatic N) is 1. The fourth-order valence-electron chi connectivity index (χ4n) is 6.28. The van der Waals surface area contributed by atoms with E-state index in [2.05, 4.69) is 48.3 Å². The number of nitrogens with one attached hydrogen (secondary N) is 1. The van der Waals surface area contributed by atoms with Gasteiger partial charge >= 0.3 is 0 Å². The first-order valence-electron chi connectivity index (χ1n) is 17.0. The maximum atomic E-state index is 13.5. The van der Waals surface area contributed by atoms with Gasteiger partial charge in [-0.25, -0.2) is 0 Å². The zero-order chi connectivity index (χ0) is 32.8. The Kier molecular flexibility index (Phi) is 15.5. The van der Waals surface area contributed by atoms with Gasteiger partial charge in [0.1, 0.15) is 0 Å². The van der Waals surface area contributed by atoms with Crippen LogP contribution >= 0.6 is 0 Å². The molecule has 0 saturated carbocycles. The number of rotatable bonds is 19. The highest BCUT2D eigenvalue weighted by Gasteiger charge is 2.30. The van der Waals surface area contributed by atoms with Crippen LogP contribution in [0.2, 0.25) is 0 Å². The monoisotopic (exact) mass is 625 g/mol. The molecule has 1 heterocycles. The molecule has 0 spiro atoms. The van der Waals surface area contributed by atoms with Gasteiger partial charge in [-0.3, -0.25) is 4.79 Å². The van der Waals surface area contributed by atoms with Crippen molar-refractivity contribution in [3.8, 4) is 11.5 Å². The lowest BCUT2D eigenvalue weighted by Gasteiger charge is -2.31. The molecule has 3 rings (SSSR count). The van der Waals surface area contributed by atoms with E-state index < -0.39 is 12.1 Å². The Labute approximate surface area is 272 Å². The van der Waals surface area contributed by atoms with E-state index in [-0.39, 0.29) is 23.7 Å². The van der Waals surface area contributed by atoms with Gasteiger partial charge in [0.2, 0.25) is 5.91 Å². The van der Waals surface area contributed by atoms with Crippen molar-refractivity contribution in [3.05, 3.63) is 53.6 Å². The molecule has 1 saturated heterocycles. The third-order valence-corrected chi connectivity index (χ3v) is 9.27. The molecule has 2 aromatic carbocycles. The van der Waals surface area contributed by atoms with Gasteiger partial charge in [-0.1, -0.05) is 52.0 Å². The molecule has 4 N–H and O–H groups in total. The van der Waals surface area contributed by atoms with E-state index >= 15 is 0 Å². The van der Waals surface area contributed by atoms with Crippen LogP contribution in [0.25, 0.3) is 0 Å². The van der Waals surface area contributed by atoms with Crippen LogP contribution in [0.1, 0.15) is 77.3 Å². The Morgan fingerprint density at radius 2 is 1.69 bits per heavy atom. The Morgan fingerprint density at radius 1 is 0.956 bits per heavy atom. The number of nitrogens with two attached hydrogens (primary N) is 1. The lowest BCUT2D eigenvalue weighted by molar-refractivity contribution is -0.127. The van der Waals surface area contributed by atoms with Gasteiger partial charge in [0.15, 0.2) is 11.5 Å². The van der Waals surface area contributed by atoms with Crippen molar-refractivity contribution in [1.29, 1.82) is 0 Å². The lowest BCUT2D eigenvalue weighted by atomic mass is 9.81. The minimum absolute atomic E-state index is 0.0265. The second-order valence-corrected chi connectivity index (χ2v) is 13.3. The number of aliphatic hydroxyl groups is 1. The fraction of sp³-hybridized carbons (Fsp3) is 0.649. The highest BCUT2D eigenvalue weighted by molar-refractivity contribution is 5.79. The van der Waals surface area contributed by atoms with Gasteiger partial charge in [-0.15, -0.1) is 0 Å². The molecular formula is C37H59N3O5. The van der Waals surface area contributed by atoms with E-state index in [0.29, 0.717) is 44.3 Å². The van der Waals surface area contributed by atoms with Crippen LogP contribution in [-0.4, -0.2) is 63.7 Å². The summed E-state index contributed by atoms with van der Waals surface area (Å²) in [6.45, 7) is 12.3. The summed E-state index contributed by atoms with van der Waals surface area (Å²) in [5.74, 6) is 1.76. The number of benzene rings is 2. The molecule has 4 atom stereocenters. The molecule has 8 heteroatoms. The molecular weight excluding hydrogens is 566 g/mol. The average molecular weight is 626 g/mol. The molecule has 0 aliphatic carbocycles. The minimum Gasteiger partial charge on any atom is -0.493 e. The number of ether oxygens (including phenoxy) is 3. The number of carbonyl (C=O) groups excluding carboxylic acids is 1. The predicted octanol–water partition coefficient (Wildman–Crippen LogP) is 5.97. The maximum Gasteiger partial charge on any atom is 0.223 e. The highest BCUT2D eigenvalue weighted by atomic mass is 16.5. The first kappa shape index (κ1) is 36.7. The summed E-state index contributed by atoms with van der Waals surface area (Å²) in [6.07, 6.45) is 5.51. The van der Waals surface area contributed by atoms with Crippen molar-refractivity contribution in [2.45, 2.75) is 91.3 Å². The molecule has 0 aromatic heterocycles. The van der Waals surface area contributed by atoms with Crippen LogP contribution in [-0.2, 0) is 22.5 Å². The van der Waals surface area contributed by atoms with Crippen LogP contribution in [0.4, 0.5) is 5.69 Å². The number of hydrogen-bond acceptors (Lipinski definition) is 7. The van der Waals surface area contributed by atoms with Crippen molar-refractivity contribution >= 4 is 11.6 Å². The van der Waals surface area contributed by atoms with Gasteiger partial charge in [0.25, 0.3) is 0 Å². The number of aliphatic hydroxyl groups excluding tert-OH is 1. The normalized spacial score (nSPS) is 16.4. The van der Waals surface area contributed by atoms with E-state index in [0.717, 1.165) is 42.8 Å². The molecule has 0 unspecified atom stereocenters. The molecule has 252 valence electrons. The van der Waals surface area contributed by atoms with Crippen LogP contribution in [0.15, 0.2) is 42.5 Å². The Balaban J connectivity index is 1.60. The molecule has 1 amide bonds. The first-order valence-corrected chi connectivity index (χ1v) is 17.0. The number of carbonyl (C=O) groups is 1. The third-order valence-electron chi connectivity index (χ3n) is 9.27. The average Bonchev–Trinajstić information content (AvgIpc) is 3.04. The van der Waals surface area contributed by atoms with Crippen LogP contribution < -0.4 is 25.4 Å². The Bertz CT molecular complexity index is 1150. The number of amides is 1. The molecule has 2 aromatic rings. The van der Waals surface area contributed by atoms with E-state index in [1.54, 1.807) is 14.2 Å². The SMILES string of the molecule is COCCCOc1cc(C[C@@H](C[C@H](N)[C@@H](O)C[C@H](C(=O)NCc2ccccc2N2CCCCC2)C(C)C)C(C)C)ccc1OC. The Hall–Kier alpha value is -2.81. The van der Waals surface area contributed by atoms with Gasteiger partial charge in [0.05, 0.1) is 19.8 Å². The smallest absolute Gasteiger partial charge is 0.223 e. The summed E-state index contributed by atoms with van der Waals surface area (Å²) in [6, 6.07) is 14.0. The molecule has 8 nitrogen and oxygen atoms in total. The van der Waals surface area contributed by atoms with Gasteiger partial charge < -0.3 is 35.3 Å². The Morgan fingerprint density at radius 3 is 2.36 bits per heavy atom. The summed E-state index contributed by atoms with van der Waals surface area (Å²) < 4.78 is 16.6. The van der Waals surface area contributed by atoms with Crippen molar-refractivity contribution in [1.82, 2.24) is 5.32 Å². The zero-order valence-corrected chi connectivity index (χ0v) is 28.6. The topological polar surface area (TPSA) is 106 Å². The minimum atomic E-state index is -0.777. The molecule has 1 aliphatic heterocycles. The summed E-state index contributed by atoms with van der Waals surface area (Å²) in [5, 5.41) is 14.5. The van der Waals surface area contributed by atoms with Crippen molar-refractivity contribution in [3.63, 3.8) is 0 Å². The summed E-state index contributed by atoms with van der Waals surface area (Å²) >= 11 is 0. The van der Waals surface area contributed by atoms with E-state index in [4.69, 9.17) is 19.9 Å². The number of anilines is 1. The fourth-order valence-corrected chi connectivity index (χ4v) is 6.28. The molecule has 0 bridgehead atoms. The van der Waals surface area contributed by atoms with E-state index in [9.17, 15) is 9.90 Å². The highest BCUT2D eigenvalue weighted by Crippen LogP contribution is 2.32. The number of piperidine rings is 1. The van der Waals surface area contributed by atoms with Crippen LogP contribution in [0.5, 0.6) is 11.5 Å². The largest absolute Gasteiger partial charge is 0.493 e. The molecule has 45 heavy (non-hydrogen) atoms. The summed E-state index contributed by atoms with van der Waals surface area (Å²) in [7, 11) is 3.33. The second kappa shape index (κ2) is 19.0. The summed E-state index contributed by atoms with van der Waals surface area (Å²) in [4.78, 5) is 15.9. The maximum absolute atomic E-state index is 13.5.